The summed E-state index contributed by atoms with van der Waals surface area (Å²) in [4.78, 5) is 13.3. The number of thioether (sulfide) groups is 1. The van der Waals surface area contributed by atoms with E-state index in [0.717, 1.165) is 52.4 Å². The first-order valence-corrected chi connectivity index (χ1v) is 10.8. The molecule has 0 N–H and O–H groups in total. The Hall–Kier alpha value is -2.73. The number of benzene rings is 2. The van der Waals surface area contributed by atoms with E-state index in [4.69, 9.17) is 9.47 Å². The molecule has 1 aliphatic heterocycles. The van der Waals surface area contributed by atoms with Crippen LogP contribution in [0.5, 0.6) is 5.75 Å². The lowest BCUT2D eigenvalue weighted by atomic mass is 9.99. The average molecular weight is 411 g/mol. The van der Waals surface area contributed by atoms with Crippen LogP contribution >= 0.6 is 11.8 Å². The quantitative estimate of drug-likeness (QED) is 0.372. The molecule has 150 valence electrons. The molecular weight excluding hydrogens is 389 g/mol. The highest BCUT2D eigenvalue weighted by molar-refractivity contribution is 7.98. The van der Waals surface area contributed by atoms with Gasteiger partial charge in [-0.2, -0.15) is 0 Å². The molecule has 29 heavy (non-hydrogen) atoms. The fraction of sp³-hybridized carbons (Fsp3) is 0.261. The monoisotopic (exact) mass is 411 g/mol. The zero-order chi connectivity index (χ0) is 20.4. The minimum atomic E-state index is -0.708. The summed E-state index contributed by atoms with van der Waals surface area (Å²) in [6.45, 7) is 2.82. The number of halogens is 1. The standard InChI is InChI=1S/C23H22FNO3S/c1-3-27-23(26)28-22-19-5-4-14-25(19)21(16-6-10-17(24)11-7-16)20(22)15-8-12-18(29-2)13-9-15/h6-13H,3-5,14H2,1-2H3. The van der Waals surface area contributed by atoms with Crippen LogP contribution in [-0.4, -0.2) is 23.6 Å². The van der Waals surface area contributed by atoms with Crippen LogP contribution in [0.1, 0.15) is 19.0 Å². The third-order valence-electron chi connectivity index (χ3n) is 5.06. The molecule has 0 amide bonds. The van der Waals surface area contributed by atoms with E-state index < -0.39 is 6.16 Å². The lowest BCUT2D eigenvalue weighted by Crippen LogP contribution is -2.11. The van der Waals surface area contributed by atoms with E-state index in [1.54, 1.807) is 30.8 Å². The Kier molecular flexibility index (Phi) is 5.62. The minimum Gasteiger partial charge on any atom is -0.434 e. The molecule has 0 spiro atoms. The van der Waals surface area contributed by atoms with Crippen LogP contribution in [0.25, 0.3) is 22.4 Å². The number of rotatable bonds is 5. The van der Waals surface area contributed by atoms with Crippen LogP contribution in [-0.2, 0) is 17.7 Å². The zero-order valence-corrected chi connectivity index (χ0v) is 17.2. The van der Waals surface area contributed by atoms with Crippen molar-refractivity contribution in [1.29, 1.82) is 0 Å². The summed E-state index contributed by atoms with van der Waals surface area (Å²) >= 11 is 1.67. The van der Waals surface area contributed by atoms with Gasteiger partial charge in [-0.25, -0.2) is 9.18 Å². The number of ether oxygens (including phenoxy) is 2. The van der Waals surface area contributed by atoms with Crippen LogP contribution in [0.4, 0.5) is 9.18 Å². The number of carbonyl (C=O) groups is 1. The van der Waals surface area contributed by atoms with Crippen LogP contribution in [0, 0.1) is 5.82 Å². The van der Waals surface area contributed by atoms with Gasteiger partial charge >= 0.3 is 6.16 Å². The number of hydrogen-bond acceptors (Lipinski definition) is 4. The van der Waals surface area contributed by atoms with E-state index in [1.807, 2.05) is 30.5 Å². The minimum absolute atomic E-state index is 0.247. The first kappa shape index (κ1) is 19.6. The van der Waals surface area contributed by atoms with Gasteiger partial charge in [0.05, 0.1) is 23.6 Å². The van der Waals surface area contributed by atoms with E-state index in [1.165, 1.54) is 12.1 Å². The molecule has 0 saturated carbocycles. The summed E-state index contributed by atoms with van der Waals surface area (Å²) in [5.41, 5.74) is 4.59. The largest absolute Gasteiger partial charge is 0.513 e. The third-order valence-corrected chi connectivity index (χ3v) is 5.80. The van der Waals surface area contributed by atoms with E-state index >= 15 is 0 Å². The number of nitrogens with zero attached hydrogens (tertiary/aromatic N) is 1. The summed E-state index contributed by atoms with van der Waals surface area (Å²) in [6.07, 6.45) is 3.10. The second-order valence-electron chi connectivity index (χ2n) is 6.78. The van der Waals surface area contributed by atoms with E-state index in [-0.39, 0.29) is 12.4 Å². The molecule has 3 aromatic rings. The first-order chi connectivity index (χ1) is 14.1. The van der Waals surface area contributed by atoms with Gasteiger partial charge in [-0.15, -0.1) is 11.8 Å². The molecule has 0 bridgehead atoms. The number of fused-ring (bicyclic) bond motifs is 1. The van der Waals surface area contributed by atoms with Crippen molar-refractivity contribution in [2.24, 2.45) is 0 Å². The second kappa shape index (κ2) is 8.33. The van der Waals surface area contributed by atoms with Gasteiger partial charge in [-0.05, 0) is 73.5 Å². The number of carbonyl (C=O) groups excluding carboxylic acids is 1. The molecule has 0 radical (unpaired) electrons. The predicted octanol–water partition coefficient (Wildman–Crippen LogP) is 6.16. The molecule has 0 aliphatic carbocycles. The van der Waals surface area contributed by atoms with E-state index in [9.17, 15) is 9.18 Å². The first-order valence-electron chi connectivity index (χ1n) is 9.62. The second-order valence-corrected chi connectivity index (χ2v) is 7.65. The summed E-state index contributed by atoms with van der Waals surface area (Å²) in [5, 5.41) is 0. The Morgan fingerprint density at radius 1 is 1.10 bits per heavy atom. The van der Waals surface area contributed by atoms with Gasteiger partial charge in [0.15, 0.2) is 5.75 Å². The van der Waals surface area contributed by atoms with Crippen molar-refractivity contribution < 1.29 is 18.7 Å². The van der Waals surface area contributed by atoms with Crippen molar-refractivity contribution in [3.05, 3.63) is 60.0 Å². The van der Waals surface area contributed by atoms with Gasteiger partial charge in [-0.1, -0.05) is 12.1 Å². The summed E-state index contributed by atoms with van der Waals surface area (Å²) in [6, 6.07) is 14.6. The summed E-state index contributed by atoms with van der Waals surface area (Å²) in [5.74, 6) is 0.257. The maximum absolute atomic E-state index is 13.6. The Balaban J connectivity index is 1.93. The molecule has 4 nitrogen and oxygen atoms in total. The Morgan fingerprint density at radius 3 is 2.45 bits per heavy atom. The van der Waals surface area contributed by atoms with Crippen LogP contribution < -0.4 is 4.74 Å². The molecular formula is C23H22FNO3S. The van der Waals surface area contributed by atoms with Gasteiger partial charge in [0.1, 0.15) is 5.82 Å². The number of aromatic nitrogens is 1. The van der Waals surface area contributed by atoms with E-state index in [0.29, 0.717) is 5.75 Å². The highest BCUT2D eigenvalue weighted by Crippen LogP contribution is 2.47. The highest BCUT2D eigenvalue weighted by atomic mass is 32.2. The molecule has 4 rings (SSSR count). The Bertz CT molecular complexity index is 1030. The zero-order valence-electron chi connectivity index (χ0n) is 16.4. The SMILES string of the molecule is CCOC(=O)Oc1c(-c2ccc(SC)cc2)c(-c2ccc(F)cc2)n2c1CCC2. The van der Waals surface area contributed by atoms with Crippen molar-refractivity contribution in [2.45, 2.75) is 31.2 Å². The maximum Gasteiger partial charge on any atom is 0.513 e. The molecule has 0 unspecified atom stereocenters. The van der Waals surface area contributed by atoms with Gasteiger partial charge in [0, 0.05) is 11.4 Å². The van der Waals surface area contributed by atoms with Crippen LogP contribution in [0.2, 0.25) is 0 Å². The van der Waals surface area contributed by atoms with Crippen LogP contribution in [0.15, 0.2) is 53.4 Å². The van der Waals surface area contributed by atoms with E-state index in [2.05, 4.69) is 4.57 Å². The maximum atomic E-state index is 13.6. The van der Waals surface area contributed by atoms with Gasteiger partial charge in [0.2, 0.25) is 0 Å². The molecule has 1 aliphatic rings. The lowest BCUT2D eigenvalue weighted by Gasteiger charge is -2.12. The molecule has 2 heterocycles. The molecule has 1 aromatic heterocycles. The number of hydrogen-bond donors (Lipinski definition) is 0. The highest BCUT2D eigenvalue weighted by Gasteiger charge is 2.30. The lowest BCUT2D eigenvalue weighted by molar-refractivity contribution is 0.104. The van der Waals surface area contributed by atoms with Crippen LogP contribution in [0.3, 0.4) is 0 Å². The van der Waals surface area contributed by atoms with Gasteiger partial charge in [0.25, 0.3) is 0 Å². The fourth-order valence-electron chi connectivity index (χ4n) is 3.82. The molecule has 0 saturated heterocycles. The topological polar surface area (TPSA) is 40.5 Å². The summed E-state index contributed by atoms with van der Waals surface area (Å²) < 4.78 is 26.5. The fourth-order valence-corrected chi connectivity index (χ4v) is 4.23. The van der Waals surface area contributed by atoms with Gasteiger partial charge in [-0.3, -0.25) is 0 Å². The van der Waals surface area contributed by atoms with Crippen molar-refractivity contribution in [3.8, 4) is 28.1 Å². The van der Waals surface area contributed by atoms with Crippen molar-refractivity contribution >= 4 is 17.9 Å². The van der Waals surface area contributed by atoms with Gasteiger partial charge < -0.3 is 14.0 Å². The molecule has 2 aromatic carbocycles. The normalized spacial score (nSPS) is 12.7. The van der Waals surface area contributed by atoms with Crippen molar-refractivity contribution in [1.82, 2.24) is 4.57 Å². The smallest absolute Gasteiger partial charge is 0.434 e. The van der Waals surface area contributed by atoms with Crippen molar-refractivity contribution in [2.75, 3.05) is 12.9 Å². The predicted molar refractivity (Wildman–Crippen MR) is 113 cm³/mol. The third kappa shape index (κ3) is 3.77. The Morgan fingerprint density at radius 2 is 1.79 bits per heavy atom. The van der Waals surface area contributed by atoms with Crippen molar-refractivity contribution in [3.63, 3.8) is 0 Å². The molecule has 0 atom stereocenters. The average Bonchev–Trinajstić information content (AvgIpc) is 3.31. The molecule has 6 heteroatoms. The Labute approximate surface area is 173 Å². The summed E-state index contributed by atoms with van der Waals surface area (Å²) in [7, 11) is 0. The molecule has 0 fully saturated rings.